The summed E-state index contributed by atoms with van der Waals surface area (Å²) in [6.45, 7) is 8.34. The fourth-order valence-electron chi connectivity index (χ4n) is 4.00. The summed E-state index contributed by atoms with van der Waals surface area (Å²) >= 11 is 0. The fourth-order valence-corrected chi connectivity index (χ4v) is 4.00. The molecule has 158 valence electrons. The highest BCUT2D eigenvalue weighted by molar-refractivity contribution is 6.21. The van der Waals surface area contributed by atoms with E-state index in [2.05, 4.69) is 32.2 Å². The molecule has 2 atom stereocenters. The molecular formula is C25H35NO3. The van der Waals surface area contributed by atoms with Crippen LogP contribution < -0.4 is 5.32 Å². The topological polar surface area (TPSA) is 63.2 Å². The molecule has 0 aromatic heterocycles. The number of rotatable bonds is 0. The van der Waals surface area contributed by atoms with Crippen molar-refractivity contribution in [2.24, 2.45) is 11.8 Å². The van der Waals surface area contributed by atoms with Crippen molar-refractivity contribution in [2.45, 2.75) is 79.1 Å². The van der Waals surface area contributed by atoms with Crippen LogP contribution in [0.3, 0.4) is 0 Å². The van der Waals surface area contributed by atoms with E-state index in [1.165, 1.54) is 17.7 Å². The van der Waals surface area contributed by atoms with Gasteiger partial charge in [-0.2, -0.15) is 0 Å². The van der Waals surface area contributed by atoms with Gasteiger partial charge in [-0.15, -0.1) is 0 Å². The third kappa shape index (κ3) is 7.60. The molecule has 0 fully saturated rings. The van der Waals surface area contributed by atoms with E-state index in [0.717, 1.165) is 44.9 Å². The summed E-state index contributed by atoms with van der Waals surface area (Å²) in [5.74, 6) is 0.0924. The average Bonchev–Trinajstić information content (AvgIpc) is 2.64. The molecule has 1 heterocycles. The first-order valence-electron chi connectivity index (χ1n) is 10.9. The number of amides is 1. The molecule has 29 heavy (non-hydrogen) atoms. The van der Waals surface area contributed by atoms with Gasteiger partial charge in [0, 0.05) is 17.2 Å². The summed E-state index contributed by atoms with van der Waals surface area (Å²) in [6, 6.07) is 0. The quantitative estimate of drug-likeness (QED) is 0.442. The van der Waals surface area contributed by atoms with Gasteiger partial charge in [0.15, 0.2) is 5.78 Å². The number of carbonyl (C=O) groups excluding carboxylic acids is 3. The van der Waals surface area contributed by atoms with Gasteiger partial charge in [-0.3, -0.25) is 14.4 Å². The van der Waals surface area contributed by atoms with Gasteiger partial charge in [-0.1, -0.05) is 44.4 Å². The maximum absolute atomic E-state index is 12.8. The zero-order chi connectivity index (χ0) is 21.4. The lowest BCUT2D eigenvalue weighted by molar-refractivity contribution is -0.120. The second-order valence-electron chi connectivity index (χ2n) is 8.78. The van der Waals surface area contributed by atoms with Gasteiger partial charge in [0.2, 0.25) is 5.78 Å². The molecule has 2 rings (SSSR count). The van der Waals surface area contributed by atoms with Gasteiger partial charge in [0.25, 0.3) is 5.91 Å². The van der Waals surface area contributed by atoms with E-state index in [9.17, 15) is 14.4 Å². The number of Topliss-reactive ketones (excluding diaryl/α,β-unsaturated/α-hetero) is 1. The Morgan fingerprint density at radius 2 is 1.72 bits per heavy atom. The van der Waals surface area contributed by atoms with Crippen molar-refractivity contribution in [3.05, 3.63) is 46.7 Å². The third-order valence-electron chi connectivity index (χ3n) is 5.72. The molecule has 0 radical (unpaired) electrons. The van der Waals surface area contributed by atoms with Crippen LogP contribution in [0.5, 0.6) is 0 Å². The molecule has 4 heteroatoms. The van der Waals surface area contributed by atoms with Crippen LogP contribution in [0, 0.1) is 11.8 Å². The molecule has 4 nitrogen and oxygen atoms in total. The third-order valence-corrected chi connectivity index (χ3v) is 5.72. The fraction of sp³-hybridized carbons (Fsp3) is 0.560. The van der Waals surface area contributed by atoms with Crippen LogP contribution in [0.2, 0.25) is 0 Å². The highest BCUT2D eigenvalue weighted by atomic mass is 16.2. The predicted molar refractivity (Wildman–Crippen MR) is 117 cm³/mol. The number of hydrogen-bond donors (Lipinski definition) is 1. The van der Waals surface area contributed by atoms with Crippen molar-refractivity contribution < 1.29 is 14.4 Å². The first-order chi connectivity index (χ1) is 13.8. The molecule has 0 aromatic rings. The summed E-state index contributed by atoms with van der Waals surface area (Å²) in [4.78, 5) is 37.3. The van der Waals surface area contributed by atoms with E-state index in [1.807, 2.05) is 6.08 Å². The smallest absolute Gasteiger partial charge is 0.251 e. The number of carbonyl (C=O) groups is 3. The molecule has 0 saturated carbocycles. The van der Waals surface area contributed by atoms with Crippen molar-refractivity contribution in [2.75, 3.05) is 0 Å². The largest absolute Gasteiger partial charge is 0.319 e. The first kappa shape index (κ1) is 23.1. The van der Waals surface area contributed by atoms with Crippen LogP contribution in [-0.2, 0) is 14.4 Å². The Morgan fingerprint density at radius 1 is 0.966 bits per heavy atom. The number of ketones is 2. The van der Waals surface area contributed by atoms with Crippen LogP contribution in [0.1, 0.15) is 79.1 Å². The van der Waals surface area contributed by atoms with Crippen molar-refractivity contribution in [3.8, 4) is 0 Å². The summed E-state index contributed by atoms with van der Waals surface area (Å²) in [5, 5.41) is 2.65. The van der Waals surface area contributed by atoms with Crippen molar-refractivity contribution in [3.63, 3.8) is 0 Å². The minimum absolute atomic E-state index is 0.101. The Labute approximate surface area is 175 Å². The van der Waals surface area contributed by atoms with E-state index in [1.54, 1.807) is 6.92 Å². The number of allylic oxidation sites excluding steroid dienone is 6. The van der Waals surface area contributed by atoms with Gasteiger partial charge in [-0.25, -0.2) is 0 Å². The summed E-state index contributed by atoms with van der Waals surface area (Å²) < 4.78 is 0. The molecule has 2 aliphatic rings. The summed E-state index contributed by atoms with van der Waals surface area (Å²) in [6.07, 6.45) is 14.8. The molecule has 0 saturated heterocycles. The molecule has 1 aliphatic carbocycles. The monoisotopic (exact) mass is 397 g/mol. The molecule has 1 amide bonds. The second-order valence-corrected chi connectivity index (χ2v) is 8.78. The second kappa shape index (κ2) is 11.1. The lowest BCUT2D eigenvalue weighted by atomic mass is 9.88. The molecule has 0 spiro atoms. The first-order valence-corrected chi connectivity index (χ1v) is 10.9. The zero-order valence-electron chi connectivity index (χ0n) is 18.3. The Kier molecular flexibility index (Phi) is 8.81. The van der Waals surface area contributed by atoms with Crippen LogP contribution in [0.25, 0.3) is 0 Å². The normalized spacial score (nSPS) is 29.7. The molecule has 1 N–H and O–H groups in total. The molecule has 2 unspecified atom stereocenters. The molecule has 0 aromatic carbocycles. The van der Waals surface area contributed by atoms with Crippen LogP contribution in [0.4, 0.5) is 0 Å². The van der Waals surface area contributed by atoms with E-state index in [-0.39, 0.29) is 23.2 Å². The SMILES string of the molecule is C/C1=C/C(C)CCCC(C)CC2=CC(=O)C=C(NC(=O)/C(C)=C\CCCC1)C2=O. The van der Waals surface area contributed by atoms with Crippen molar-refractivity contribution in [1.82, 2.24) is 5.32 Å². The number of nitrogens with one attached hydrogen (secondary N) is 1. The van der Waals surface area contributed by atoms with E-state index in [0.29, 0.717) is 29.4 Å². The van der Waals surface area contributed by atoms with Crippen LogP contribution >= 0.6 is 0 Å². The van der Waals surface area contributed by atoms with Gasteiger partial charge >= 0.3 is 0 Å². The molecule has 2 bridgehead atoms. The van der Waals surface area contributed by atoms with Gasteiger partial charge in [-0.05, 0) is 70.3 Å². The van der Waals surface area contributed by atoms with Crippen molar-refractivity contribution in [1.29, 1.82) is 0 Å². The molecular weight excluding hydrogens is 362 g/mol. The Balaban J connectivity index is 2.16. The zero-order valence-corrected chi connectivity index (χ0v) is 18.3. The number of hydrogen-bond acceptors (Lipinski definition) is 3. The Morgan fingerprint density at radius 3 is 2.48 bits per heavy atom. The Hall–Kier alpha value is -2.23. The lowest BCUT2D eigenvalue weighted by Crippen LogP contribution is -2.31. The van der Waals surface area contributed by atoms with Crippen molar-refractivity contribution >= 4 is 17.5 Å². The minimum atomic E-state index is -0.311. The van der Waals surface area contributed by atoms with E-state index >= 15 is 0 Å². The van der Waals surface area contributed by atoms with E-state index < -0.39 is 0 Å². The maximum atomic E-state index is 12.8. The van der Waals surface area contributed by atoms with Crippen LogP contribution in [0.15, 0.2) is 46.7 Å². The summed E-state index contributed by atoms with van der Waals surface area (Å²) in [5.41, 5.74) is 2.62. The minimum Gasteiger partial charge on any atom is -0.319 e. The lowest BCUT2D eigenvalue weighted by Gasteiger charge is -2.18. The summed E-state index contributed by atoms with van der Waals surface area (Å²) in [7, 11) is 0. The van der Waals surface area contributed by atoms with Crippen LogP contribution in [-0.4, -0.2) is 17.5 Å². The van der Waals surface area contributed by atoms with Gasteiger partial charge in [0.1, 0.15) is 0 Å². The maximum Gasteiger partial charge on any atom is 0.251 e. The average molecular weight is 398 g/mol. The van der Waals surface area contributed by atoms with Gasteiger partial charge < -0.3 is 5.32 Å². The Bertz CT molecular complexity index is 767. The standard InChI is InChI=1S/C25H35NO3/c1-17-9-6-5-7-12-20(4)25(29)26-23-16-22(27)15-21(24(23)28)14-19(3)11-8-10-18(2)13-17/h12-13,15-16,18-19H,5-11,14H2,1-4H3,(H,26,29)/b17-13-,20-12-. The van der Waals surface area contributed by atoms with Gasteiger partial charge in [0.05, 0.1) is 5.70 Å². The molecule has 1 aliphatic heterocycles. The highest BCUT2D eigenvalue weighted by Crippen LogP contribution is 2.24. The highest BCUT2D eigenvalue weighted by Gasteiger charge is 2.24. The number of fused-ring (bicyclic) bond motifs is 2. The van der Waals surface area contributed by atoms with E-state index in [4.69, 9.17) is 0 Å². The predicted octanol–water partition coefficient (Wildman–Crippen LogP) is 5.36.